The Hall–Kier alpha value is -3.24. The monoisotopic (exact) mass is 494 g/mol. The maximum absolute atomic E-state index is 9.10. The van der Waals surface area contributed by atoms with Crippen LogP contribution in [0.2, 0.25) is 0 Å². The maximum atomic E-state index is 9.10. The summed E-state index contributed by atoms with van der Waals surface area (Å²) >= 11 is 0. The first-order valence-electron chi connectivity index (χ1n) is 11.8. The standard InChI is InChI=1S/C21H34N2.2C2H2O4/c1-2-3-4-5-6-10-15-22-17-19-23(20-18-22)16-11-14-21-12-8-7-9-13-21;2*3-1(4)2(5)6/h7-9,11-14H,2-6,10,15-20H2,1H3;2*(H,3,4)(H,5,6). The van der Waals surface area contributed by atoms with E-state index in [1.54, 1.807) is 0 Å². The molecule has 0 radical (unpaired) electrons. The van der Waals surface area contributed by atoms with Gasteiger partial charge in [0.2, 0.25) is 0 Å². The molecule has 0 bridgehead atoms. The van der Waals surface area contributed by atoms with E-state index in [0.29, 0.717) is 0 Å². The molecule has 0 unspecified atom stereocenters. The van der Waals surface area contributed by atoms with Gasteiger partial charge in [0.1, 0.15) is 0 Å². The molecule has 196 valence electrons. The maximum Gasteiger partial charge on any atom is 0.414 e. The predicted octanol–water partition coefficient (Wildman–Crippen LogP) is 2.99. The number of hydrogen-bond acceptors (Lipinski definition) is 6. The summed E-state index contributed by atoms with van der Waals surface area (Å²) in [6.07, 6.45) is 13.0. The highest BCUT2D eigenvalue weighted by Gasteiger charge is 2.14. The first-order chi connectivity index (χ1) is 16.7. The molecule has 0 atom stereocenters. The summed E-state index contributed by atoms with van der Waals surface area (Å²) < 4.78 is 0. The molecular weight excluding hydrogens is 456 g/mol. The zero-order chi connectivity index (χ0) is 26.5. The predicted molar refractivity (Wildman–Crippen MR) is 132 cm³/mol. The highest BCUT2D eigenvalue weighted by Crippen LogP contribution is 2.08. The number of piperazine rings is 1. The van der Waals surface area contributed by atoms with Crippen LogP contribution < -0.4 is 0 Å². The van der Waals surface area contributed by atoms with Gasteiger partial charge in [-0.25, -0.2) is 19.2 Å². The van der Waals surface area contributed by atoms with E-state index in [2.05, 4.69) is 59.2 Å². The number of carboxylic acids is 4. The number of nitrogens with zero attached hydrogens (tertiary/aromatic N) is 2. The van der Waals surface area contributed by atoms with Crippen molar-refractivity contribution in [3.8, 4) is 0 Å². The molecule has 10 nitrogen and oxygen atoms in total. The molecular formula is C25H38N2O8. The lowest BCUT2D eigenvalue weighted by Gasteiger charge is -2.34. The molecule has 1 heterocycles. The average molecular weight is 495 g/mol. The second-order valence-corrected chi connectivity index (χ2v) is 7.94. The fourth-order valence-corrected chi connectivity index (χ4v) is 3.21. The quantitative estimate of drug-likeness (QED) is 0.282. The topological polar surface area (TPSA) is 156 Å². The fourth-order valence-electron chi connectivity index (χ4n) is 3.21. The number of rotatable bonds is 10. The third-order valence-corrected chi connectivity index (χ3v) is 5.13. The summed E-state index contributed by atoms with van der Waals surface area (Å²) in [4.78, 5) is 41.6. The van der Waals surface area contributed by atoms with Gasteiger partial charge in [-0.1, -0.05) is 81.5 Å². The molecule has 1 aliphatic rings. The molecule has 0 aliphatic carbocycles. The third-order valence-electron chi connectivity index (χ3n) is 5.13. The number of carboxylic acid groups (broad SMARTS) is 4. The third kappa shape index (κ3) is 18.8. The Kier molecular flexibility index (Phi) is 18.3. The summed E-state index contributed by atoms with van der Waals surface area (Å²) in [5.74, 6) is -7.30. The second kappa shape index (κ2) is 20.2. The summed E-state index contributed by atoms with van der Waals surface area (Å²) in [6.45, 7) is 9.60. The van der Waals surface area contributed by atoms with Crippen LogP contribution in [-0.2, 0) is 19.2 Å². The van der Waals surface area contributed by atoms with Crippen molar-refractivity contribution >= 4 is 30.0 Å². The van der Waals surface area contributed by atoms with Gasteiger partial charge in [-0.05, 0) is 18.5 Å². The van der Waals surface area contributed by atoms with Gasteiger partial charge >= 0.3 is 23.9 Å². The second-order valence-electron chi connectivity index (χ2n) is 7.94. The lowest BCUT2D eigenvalue weighted by atomic mass is 10.1. The molecule has 0 aromatic heterocycles. The van der Waals surface area contributed by atoms with E-state index in [0.717, 1.165) is 6.54 Å². The van der Waals surface area contributed by atoms with Crippen molar-refractivity contribution < 1.29 is 39.6 Å². The normalized spacial score (nSPS) is 13.7. The highest BCUT2D eigenvalue weighted by molar-refractivity contribution is 6.27. The molecule has 0 saturated carbocycles. The van der Waals surface area contributed by atoms with Crippen molar-refractivity contribution in [3.63, 3.8) is 0 Å². The smallest absolute Gasteiger partial charge is 0.414 e. The van der Waals surface area contributed by atoms with Gasteiger partial charge in [0.25, 0.3) is 0 Å². The van der Waals surface area contributed by atoms with E-state index >= 15 is 0 Å². The van der Waals surface area contributed by atoms with E-state index in [9.17, 15) is 0 Å². The van der Waals surface area contributed by atoms with E-state index in [4.69, 9.17) is 39.6 Å². The van der Waals surface area contributed by atoms with Gasteiger partial charge in [-0.3, -0.25) is 4.90 Å². The van der Waals surface area contributed by atoms with Crippen molar-refractivity contribution in [1.82, 2.24) is 9.80 Å². The molecule has 1 aromatic carbocycles. The van der Waals surface area contributed by atoms with Crippen LogP contribution in [0.5, 0.6) is 0 Å². The molecule has 1 aromatic rings. The van der Waals surface area contributed by atoms with Crippen LogP contribution >= 0.6 is 0 Å². The minimum absolute atomic E-state index is 1.08. The van der Waals surface area contributed by atoms with Crippen molar-refractivity contribution in [2.24, 2.45) is 0 Å². The number of benzene rings is 1. The summed E-state index contributed by atoms with van der Waals surface area (Å²) in [6, 6.07) is 10.6. The average Bonchev–Trinajstić information content (AvgIpc) is 2.83. The Bertz CT molecular complexity index is 727. The van der Waals surface area contributed by atoms with E-state index < -0.39 is 23.9 Å². The lowest BCUT2D eigenvalue weighted by Crippen LogP contribution is -2.46. The van der Waals surface area contributed by atoms with Gasteiger partial charge in [-0.2, -0.15) is 0 Å². The minimum atomic E-state index is -1.82. The molecule has 1 fully saturated rings. The van der Waals surface area contributed by atoms with Crippen molar-refractivity contribution in [3.05, 3.63) is 42.0 Å². The molecule has 4 N–H and O–H groups in total. The van der Waals surface area contributed by atoms with Gasteiger partial charge in [0.05, 0.1) is 0 Å². The Labute approximate surface area is 206 Å². The lowest BCUT2D eigenvalue weighted by molar-refractivity contribution is -0.159. The number of hydrogen-bond donors (Lipinski definition) is 4. The SMILES string of the molecule is CCCCCCCCN1CCN(CC=Cc2ccccc2)CC1.O=C(O)C(=O)O.O=C(O)C(=O)O. The van der Waals surface area contributed by atoms with Crippen LogP contribution in [0.3, 0.4) is 0 Å². The summed E-state index contributed by atoms with van der Waals surface area (Å²) in [7, 11) is 0. The number of unbranched alkanes of at least 4 members (excludes halogenated alkanes) is 5. The van der Waals surface area contributed by atoms with Crippen LogP contribution in [0.25, 0.3) is 6.08 Å². The molecule has 0 amide bonds. The zero-order valence-electron chi connectivity index (χ0n) is 20.3. The molecule has 0 spiro atoms. The van der Waals surface area contributed by atoms with Gasteiger partial charge in [0.15, 0.2) is 0 Å². The molecule has 10 heteroatoms. The Morgan fingerprint density at radius 3 is 1.66 bits per heavy atom. The fraction of sp³-hybridized carbons (Fsp3) is 0.520. The molecule has 1 aliphatic heterocycles. The van der Waals surface area contributed by atoms with Crippen LogP contribution in [0.15, 0.2) is 36.4 Å². The Morgan fingerprint density at radius 2 is 1.17 bits per heavy atom. The summed E-state index contributed by atoms with van der Waals surface area (Å²) in [5, 5.41) is 29.6. The van der Waals surface area contributed by atoms with Crippen molar-refractivity contribution in [2.75, 3.05) is 39.3 Å². The minimum Gasteiger partial charge on any atom is -0.473 e. The van der Waals surface area contributed by atoms with Gasteiger partial charge in [0, 0.05) is 32.7 Å². The van der Waals surface area contributed by atoms with Crippen molar-refractivity contribution in [1.29, 1.82) is 0 Å². The van der Waals surface area contributed by atoms with Crippen LogP contribution in [-0.4, -0.2) is 93.4 Å². The highest BCUT2D eigenvalue weighted by atomic mass is 16.4. The first-order valence-corrected chi connectivity index (χ1v) is 11.8. The van der Waals surface area contributed by atoms with E-state index in [-0.39, 0.29) is 0 Å². The zero-order valence-corrected chi connectivity index (χ0v) is 20.3. The Morgan fingerprint density at radius 1 is 0.714 bits per heavy atom. The van der Waals surface area contributed by atoms with E-state index in [1.807, 2.05) is 0 Å². The number of aliphatic carboxylic acids is 4. The van der Waals surface area contributed by atoms with E-state index in [1.165, 1.54) is 76.8 Å². The first kappa shape index (κ1) is 31.8. The van der Waals surface area contributed by atoms with Crippen LogP contribution in [0.1, 0.15) is 51.0 Å². The molecule has 1 saturated heterocycles. The number of carbonyl (C=O) groups is 4. The Balaban J connectivity index is 0.000000797. The summed E-state index contributed by atoms with van der Waals surface area (Å²) in [5.41, 5.74) is 1.30. The van der Waals surface area contributed by atoms with Gasteiger partial charge in [-0.15, -0.1) is 0 Å². The molecule has 35 heavy (non-hydrogen) atoms. The molecule has 2 rings (SSSR count). The largest absolute Gasteiger partial charge is 0.473 e. The van der Waals surface area contributed by atoms with Crippen LogP contribution in [0, 0.1) is 0 Å². The van der Waals surface area contributed by atoms with Crippen LogP contribution in [0.4, 0.5) is 0 Å². The van der Waals surface area contributed by atoms with Gasteiger partial charge < -0.3 is 25.3 Å². The van der Waals surface area contributed by atoms with Crippen molar-refractivity contribution in [2.45, 2.75) is 45.4 Å².